The Bertz CT molecular complexity index is 213. The van der Waals surface area contributed by atoms with Gasteiger partial charge in [-0.3, -0.25) is 0 Å². The van der Waals surface area contributed by atoms with Crippen molar-refractivity contribution >= 4 is 8.25 Å². The Morgan fingerprint density at radius 1 is 1.31 bits per heavy atom. The van der Waals surface area contributed by atoms with Crippen molar-refractivity contribution in [2.75, 3.05) is 0 Å². The minimum absolute atomic E-state index is 0.435. The molecule has 0 bridgehead atoms. The normalized spacial score (nSPS) is 11.9. The zero-order valence-corrected chi connectivity index (χ0v) is 8.37. The Balaban J connectivity index is 4.60. The van der Waals surface area contributed by atoms with Crippen molar-refractivity contribution in [1.29, 1.82) is 0 Å². The molecule has 0 aromatic carbocycles. The van der Waals surface area contributed by atoms with E-state index in [2.05, 4.69) is 19.7 Å². The average Bonchev–Trinajstić information content (AvgIpc) is 2.04. The summed E-state index contributed by atoms with van der Waals surface area (Å²) in [6, 6.07) is 0. The topological polar surface area (TPSA) is 46.5 Å². The Kier molecular flexibility index (Phi) is 5.47. The summed E-state index contributed by atoms with van der Waals surface area (Å²) in [6.07, 6.45) is 5.60. The van der Waals surface area contributed by atoms with E-state index in [9.17, 15) is 4.57 Å². The molecule has 3 nitrogen and oxygen atoms in total. The van der Waals surface area contributed by atoms with Crippen LogP contribution < -0.4 is 0 Å². The monoisotopic (exact) mass is 201 g/mol. The van der Waals surface area contributed by atoms with Crippen molar-refractivity contribution in [3.05, 3.63) is 38.0 Å². The maximum Gasteiger partial charge on any atom is 0.695 e. The van der Waals surface area contributed by atoms with Gasteiger partial charge in [0.2, 0.25) is 0 Å². The fourth-order valence-electron chi connectivity index (χ4n) is 1.01. The summed E-state index contributed by atoms with van der Waals surface area (Å²) < 4.78 is 15.4. The van der Waals surface area contributed by atoms with Gasteiger partial charge >= 0.3 is 8.25 Å². The van der Waals surface area contributed by atoms with E-state index in [0.717, 1.165) is 0 Å². The number of hydrogen-bond donors (Lipinski definition) is 1. The second-order valence-corrected chi connectivity index (χ2v) is 3.24. The van der Waals surface area contributed by atoms with Gasteiger partial charge in [-0.05, 0) is 0 Å². The average molecular weight is 201 g/mol. The molecule has 0 spiro atoms. The molecule has 0 amide bonds. The van der Waals surface area contributed by atoms with Gasteiger partial charge in [0.15, 0.2) is 5.60 Å². The molecule has 0 aliphatic carbocycles. The molecule has 0 radical (unpaired) electrons. The van der Waals surface area contributed by atoms with Crippen LogP contribution in [-0.2, 0) is 9.09 Å². The molecule has 0 saturated carbocycles. The molecular formula is C9H14O3P+. The Labute approximate surface area is 79.4 Å². The summed E-state index contributed by atoms with van der Waals surface area (Å²) >= 11 is 0. The third-order valence-electron chi connectivity index (χ3n) is 1.61. The Morgan fingerprint density at radius 2 is 1.77 bits per heavy atom. The van der Waals surface area contributed by atoms with E-state index in [-0.39, 0.29) is 0 Å². The lowest BCUT2D eigenvalue weighted by molar-refractivity contribution is 0.120. The van der Waals surface area contributed by atoms with Gasteiger partial charge in [0.05, 0.1) is 0 Å². The number of hydrogen-bond acceptors (Lipinski definition) is 2. The first kappa shape index (κ1) is 12.2. The molecule has 1 N–H and O–H groups in total. The Hall–Kier alpha value is -0.760. The van der Waals surface area contributed by atoms with Crippen LogP contribution in [0.5, 0.6) is 0 Å². The van der Waals surface area contributed by atoms with Crippen molar-refractivity contribution in [3.63, 3.8) is 0 Å². The minimum Gasteiger partial charge on any atom is -0.133 e. The summed E-state index contributed by atoms with van der Waals surface area (Å²) in [5.74, 6) is 0. The van der Waals surface area contributed by atoms with Gasteiger partial charge in [-0.15, -0.1) is 29.2 Å². The lowest BCUT2D eigenvalue weighted by Gasteiger charge is -2.19. The molecule has 0 aliphatic heterocycles. The molecule has 0 saturated heterocycles. The van der Waals surface area contributed by atoms with Crippen molar-refractivity contribution in [2.24, 2.45) is 0 Å². The van der Waals surface area contributed by atoms with Crippen LogP contribution in [0.3, 0.4) is 0 Å². The zero-order valence-electron chi connectivity index (χ0n) is 7.48. The molecule has 0 fully saturated rings. The van der Waals surface area contributed by atoms with Gasteiger partial charge in [0, 0.05) is 17.4 Å². The molecule has 13 heavy (non-hydrogen) atoms. The second-order valence-electron chi connectivity index (χ2n) is 2.58. The molecule has 1 unspecified atom stereocenters. The summed E-state index contributed by atoms with van der Waals surface area (Å²) in [6.45, 7) is 10.7. The minimum atomic E-state index is -2.63. The zero-order chi connectivity index (χ0) is 10.3. The molecule has 0 aromatic heterocycles. The fourth-order valence-corrected chi connectivity index (χ4v) is 1.54. The SMILES string of the molecule is C=CCC(C=C)(CC=C)O[P+](=O)O. The number of rotatable bonds is 7. The summed E-state index contributed by atoms with van der Waals surface area (Å²) in [5, 5.41) is 0. The molecule has 1 atom stereocenters. The molecule has 0 aliphatic rings. The van der Waals surface area contributed by atoms with Gasteiger partial charge < -0.3 is 0 Å². The maximum absolute atomic E-state index is 10.5. The molecular weight excluding hydrogens is 187 g/mol. The largest absolute Gasteiger partial charge is 0.695 e. The van der Waals surface area contributed by atoms with Gasteiger partial charge in [0.25, 0.3) is 0 Å². The lowest BCUT2D eigenvalue weighted by atomic mass is 9.96. The third kappa shape index (κ3) is 4.13. The van der Waals surface area contributed by atoms with Crippen molar-refractivity contribution in [3.8, 4) is 0 Å². The third-order valence-corrected chi connectivity index (χ3v) is 2.13. The van der Waals surface area contributed by atoms with E-state index in [1.54, 1.807) is 12.2 Å². The first-order chi connectivity index (χ1) is 6.10. The smallest absolute Gasteiger partial charge is 0.133 e. The molecule has 0 rings (SSSR count). The van der Waals surface area contributed by atoms with Crippen molar-refractivity contribution < 1.29 is 14.0 Å². The lowest BCUT2D eigenvalue weighted by Crippen LogP contribution is -2.25. The van der Waals surface area contributed by atoms with Crippen LogP contribution in [0.1, 0.15) is 12.8 Å². The van der Waals surface area contributed by atoms with Crippen LogP contribution in [0.4, 0.5) is 0 Å². The van der Waals surface area contributed by atoms with E-state index >= 15 is 0 Å². The molecule has 0 aromatic rings. The first-order valence-electron chi connectivity index (χ1n) is 3.81. The van der Waals surface area contributed by atoms with Crippen molar-refractivity contribution in [2.45, 2.75) is 18.4 Å². The van der Waals surface area contributed by atoms with Crippen LogP contribution in [0, 0.1) is 0 Å². The standard InChI is InChI=1S/C9H13O3P/c1-4-7-9(6-3,8-5-2)12-13(10)11/h4-6H,1-3,7-8H2/p+1. The quantitative estimate of drug-likeness (QED) is 0.508. The van der Waals surface area contributed by atoms with Crippen LogP contribution in [0.2, 0.25) is 0 Å². The molecule has 4 heteroatoms. The fraction of sp³-hybridized carbons (Fsp3) is 0.333. The first-order valence-corrected chi connectivity index (χ1v) is 4.94. The molecule has 0 heterocycles. The second kappa shape index (κ2) is 5.81. The van der Waals surface area contributed by atoms with Gasteiger partial charge in [0.1, 0.15) is 0 Å². The van der Waals surface area contributed by atoms with E-state index in [1.165, 1.54) is 6.08 Å². The van der Waals surface area contributed by atoms with Crippen molar-refractivity contribution in [1.82, 2.24) is 0 Å². The van der Waals surface area contributed by atoms with Gasteiger partial charge in [-0.1, -0.05) is 18.2 Å². The van der Waals surface area contributed by atoms with Crippen LogP contribution in [-0.4, -0.2) is 10.5 Å². The maximum atomic E-state index is 10.5. The van der Waals surface area contributed by atoms with Gasteiger partial charge in [-0.25, -0.2) is 0 Å². The van der Waals surface area contributed by atoms with E-state index in [4.69, 9.17) is 9.42 Å². The highest BCUT2D eigenvalue weighted by Gasteiger charge is 2.35. The van der Waals surface area contributed by atoms with E-state index in [1.807, 2.05) is 0 Å². The van der Waals surface area contributed by atoms with Crippen LogP contribution in [0.15, 0.2) is 38.0 Å². The summed E-state index contributed by atoms with van der Waals surface area (Å²) in [5.41, 5.74) is -0.842. The van der Waals surface area contributed by atoms with E-state index < -0.39 is 13.9 Å². The predicted octanol–water partition coefficient (Wildman–Crippen LogP) is 2.73. The summed E-state index contributed by atoms with van der Waals surface area (Å²) in [7, 11) is -2.63. The van der Waals surface area contributed by atoms with E-state index in [0.29, 0.717) is 12.8 Å². The van der Waals surface area contributed by atoms with Crippen LogP contribution in [0.25, 0.3) is 0 Å². The highest BCUT2D eigenvalue weighted by atomic mass is 31.1. The van der Waals surface area contributed by atoms with Crippen LogP contribution >= 0.6 is 8.25 Å². The molecule has 72 valence electrons. The Morgan fingerprint density at radius 3 is 2.00 bits per heavy atom. The highest BCUT2D eigenvalue weighted by molar-refractivity contribution is 7.32. The highest BCUT2D eigenvalue weighted by Crippen LogP contribution is 2.33. The predicted molar refractivity (Wildman–Crippen MR) is 53.5 cm³/mol. The van der Waals surface area contributed by atoms with Gasteiger partial charge in [-0.2, -0.15) is 0 Å². The summed E-state index contributed by atoms with van der Waals surface area (Å²) in [4.78, 5) is 8.64.